The molecule has 0 radical (unpaired) electrons. The maximum atomic E-state index is 8.91. The lowest BCUT2D eigenvalue weighted by atomic mass is 9.98. The number of aliphatic hydroxyl groups excluding tert-OH is 1. The van der Waals surface area contributed by atoms with Gasteiger partial charge in [-0.2, -0.15) is 0 Å². The zero-order chi connectivity index (χ0) is 7.40. The smallest absolute Gasteiger partial charge is 0.0625 e. The quantitative estimate of drug-likeness (QED) is 0.644. The van der Waals surface area contributed by atoms with Crippen LogP contribution < -0.4 is 0 Å². The fourth-order valence-corrected chi connectivity index (χ4v) is 1.48. The van der Waals surface area contributed by atoms with Crippen LogP contribution in [0.1, 0.15) is 26.2 Å². The van der Waals surface area contributed by atoms with Crippen LogP contribution in [0.4, 0.5) is 0 Å². The van der Waals surface area contributed by atoms with E-state index in [4.69, 9.17) is 9.84 Å². The molecule has 0 saturated carbocycles. The van der Waals surface area contributed by atoms with Gasteiger partial charge in [0, 0.05) is 19.1 Å². The predicted molar refractivity (Wildman–Crippen MR) is 39.8 cm³/mol. The molecule has 1 rings (SSSR count). The van der Waals surface area contributed by atoms with Gasteiger partial charge in [0.05, 0.1) is 6.10 Å². The van der Waals surface area contributed by atoms with E-state index in [1.165, 1.54) is 6.42 Å². The Morgan fingerprint density at radius 1 is 1.70 bits per heavy atom. The Labute approximate surface area is 62.2 Å². The lowest BCUT2D eigenvalue weighted by Gasteiger charge is -2.18. The normalized spacial score (nSPS) is 28.8. The van der Waals surface area contributed by atoms with Crippen molar-refractivity contribution in [2.45, 2.75) is 32.3 Å². The lowest BCUT2D eigenvalue weighted by molar-refractivity contribution is 0.0352. The Hall–Kier alpha value is -0.0800. The molecule has 1 aliphatic heterocycles. The van der Waals surface area contributed by atoms with Gasteiger partial charge in [0.2, 0.25) is 0 Å². The monoisotopic (exact) mass is 144 g/mol. The second kappa shape index (κ2) is 3.94. The molecule has 0 spiro atoms. The van der Waals surface area contributed by atoms with Crippen LogP contribution in [0.15, 0.2) is 0 Å². The maximum Gasteiger partial charge on any atom is 0.0625 e. The second-order valence-electron chi connectivity index (χ2n) is 2.90. The van der Waals surface area contributed by atoms with Crippen molar-refractivity contribution in [1.29, 1.82) is 0 Å². The molecule has 1 aliphatic rings. The van der Waals surface area contributed by atoms with E-state index in [1.807, 2.05) is 0 Å². The van der Waals surface area contributed by atoms with Crippen LogP contribution in [-0.4, -0.2) is 24.4 Å². The average molecular weight is 144 g/mol. The first-order valence-corrected chi connectivity index (χ1v) is 4.11. The summed E-state index contributed by atoms with van der Waals surface area (Å²) in [4.78, 5) is 0. The predicted octanol–water partition coefficient (Wildman–Crippen LogP) is 1.18. The Kier molecular flexibility index (Phi) is 3.16. The molecule has 10 heavy (non-hydrogen) atoms. The molecule has 1 fully saturated rings. The first-order chi connectivity index (χ1) is 4.88. The highest BCUT2D eigenvalue weighted by Crippen LogP contribution is 2.21. The molecule has 1 heterocycles. The van der Waals surface area contributed by atoms with Crippen LogP contribution in [0.25, 0.3) is 0 Å². The summed E-state index contributed by atoms with van der Waals surface area (Å²) in [7, 11) is 0. The zero-order valence-electron chi connectivity index (χ0n) is 6.55. The SMILES string of the molecule is CCC(CO)C1CCCO1. The van der Waals surface area contributed by atoms with Crippen molar-refractivity contribution in [3.8, 4) is 0 Å². The fourth-order valence-electron chi connectivity index (χ4n) is 1.48. The highest BCUT2D eigenvalue weighted by Gasteiger charge is 2.23. The minimum Gasteiger partial charge on any atom is -0.396 e. The minimum atomic E-state index is 0.279. The van der Waals surface area contributed by atoms with Crippen molar-refractivity contribution in [3.63, 3.8) is 0 Å². The van der Waals surface area contributed by atoms with Crippen molar-refractivity contribution in [2.75, 3.05) is 13.2 Å². The van der Waals surface area contributed by atoms with E-state index in [9.17, 15) is 0 Å². The molecule has 0 aromatic carbocycles. The first-order valence-electron chi connectivity index (χ1n) is 4.11. The summed E-state index contributed by atoms with van der Waals surface area (Å²) in [6.45, 7) is 3.27. The Morgan fingerprint density at radius 3 is 2.90 bits per heavy atom. The molecule has 0 aromatic rings. The van der Waals surface area contributed by atoms with Crippen LogP contribution in [0.5, 0.6) is 0 Å². The van der Waals surface area contributed by atoms with Gasteiger partial charge in [0.15, 0.2) is 0 Å². The van der Waals surface area contributed by atoms with Gasteiger partial charge >= 0.3 is 0 Å². The molecule has 0 bridgehead atoms. The van der Waals surface area contributed by atoms with E-state index >= 15 is 0 Å². The van der Waals surface area contributed by atoms with Crippen LogP contribution >= 0.6 is 0 Å². The summed E-state index contributed by atoms with van der Waals surface area (Å²) in [5, 5.41) is 8.91. The van der Waals surface area contributed by atoms with Crippen LogP contribution in [0.3, 0.4) is 0 Å². The van der Waals surface area contributed by atoms with E-state index in [-0.39, 0.29) is 6.61 Å². The van der Waals surface area contributed by atoms with Crippen LogP contribution in [0.2, 0.25) is 0 Å². The number of aliphatic hydroxyl groups is 1. The van der Waals surface area contributed by atoms with Gasteiger partial charge in [-0.15, -0.1) is 0 Å². The molecule has 1 saturated heterocycles. The van der Waals surface area contributed by atoms with E-state index in [2.05, 4.69) is 6.92 Å². The molecule has 0 aliphatic carbocycles. The van der Waals surface area contributed by atoms with E-state index < -0.39 is 0 Å². The Morgan fingerprint density at radius 2 is 2.50 bits per heavy atom. The summed E-state index contributed by atoms with van der Waals surface area (Å²) in [6.07, 6.45) is 3.68. The number of hydrogen-bond acceptors (Lipinski definition) is 2. The molecule has 2 atom stereocenters. The summed E-state index contributed by atoms with van der Waals surface area (Å²) in [5.74, 6) is 0.377. The van der Waals surface area contributed by atoms with Gasteiger partial charge in [-0.1, -0.05) is 6.92 Å². The molecule has 1 N–H and O–H groups in total. The highest BCUT2D eigenvalue weighted by atomic mass is 16.5. The standard InChI is InChI=1S/C8H16O2/c1-2-7(6-9)8-4-3-5-10-8/h7-9H,2-6H2,1H3. The third kappa shape index (κ3) is 1.70. The van der Waals surface area contributed by atoms with E-state index in [0.29, 0.717) is 12.0 Å². The van der Waals surface area contributed by atoms with E-state index in [0.717, 1.165) is 19.4 Å². The summed E-state index contributed by atoms with van der Waals surface area (Å²) >= 11 is 0. The molecule has 2 nitrogen and oxygen atoms in total. The van der Waals surface area contributed by atoms with Gasteiger partial charge in [0.25, 0.3) is 0 Å². The Bertz CT molecular complexity index is 83.3. The molecule has 2 unspecified atom stereocenters. The largest absolute Gasteiger partial charge is 0.396 e. The average Bonchev–Trinajstić information content (AvgIpc) is 2.43. The van der Waals surface area contributed by atoms with Crippen LogP contribution in [-0.2, 0) is 4.74 Å². The van der Waals surface area contributed by atoms with Gasteiger partial charge in [-0.25, -0.2) is 0 Å². The number of rotatable bonds is 3. The number of ether oxygens (including phenoxy) is 1. The first kappa shape index (κ1) is 8.02. The van der Waals surface area contributed by atoms with Gasteiger partial charge in [-0.05, 0) is 19.3 Å². The van der Waals surface area contributed by atoms with Gasteiger partial charge in [0.1, 0.15) is 0 Å². The molecular weight excluding hydrogens is 128 g/mol. The van der Waals surface area contributed by atoms with Crippen molar-refractivity contribution < 1.29 is 9.84 Å². The molecule has 0 amide bonds. The van der Waals surface area contributed by atoms with E-state index in [1.54, 1.807) is 0 Å². The summed E-state index contributed by atoms with van der Waals surface area (Å²) in [6, 6.07) is 0. The molecule has 2 heteroatoms. The minimum absolute atomic E-state index is 0.279. The molecular formula is C8H16O2. The lowest BCUT2D eigenvalue weighted by Crippen LogP contribution is -2.22. The number of hydrogen-bond donors (Lipinski definition) is 1. The highest BCUT2D eigenvalue weighted by molar-refractivity contribution is 4.72. The van der Waals surface area contributed by atoms with Gasteiger partial charge in [-0.3, -0.25) is 0 Å². The van der Waals surface area contributed by atoms with Crippen molar-refractivity contribution in [1.82, 2.24) is 0 Å². The van der Waals surface area contributed by atoms with Crippen LogP contribution in [0, 0.1) is 5.92 Å². The topological polar surface area (TPSA) is 29.5 Å². The fraction of sp³-hybridized carbons (Fsp3) is 1.00. The third-order valence-electron chi connectivity index (χ3n) is 2.25. The summed E-state index contributed by atoms with van der Waals surface area (Å²) < 4.78 is 5.44. The summed E-state index contributed by atoms with van der Waals surface area (Å²) in [5.41, 5.74) is 0. The second-order valence-corrected chi connectivity index (χ2v) is 2.90. The van der Waals surface area contributed by atoms with Gasteiger partial charge < -0.3 is 9.84 Å². The molecule has 0 aromatic heterocycles. The third-order valence-corrected chi connectivity index (χ3v) is 2.25. The molecule has 60 valence electrons. The van der Waals surface area contributed by atoms with Crippen molar-refractivity contribution in [2.24, 2.45) is 5.92 Å². The maximum absolute atomic E-state index is 8.91. The Balaban J connectivity index is 2.29. The van der Waals surface area contributed by atoms with Crippen molar-refractivity contribution >= 4 is 0 Å². The van der Waals surface area contributed by atoms with Crippen molar-refractivity contribution in [3.05, 3.63) is 0 Å². The zero-order valence-corrected chi connectivity index (χ0v) is 6.55.